The van der Waals surface area contributed by atoms with Crippen LogP contribution >= 0.6 is 0 Å². The van der Waals surface area contributed by atoms with Crippen LogP contribution in [0.25, 0.3) is 0 Å². The molecule has 88 valence electrons. The van der Waals surface area contributed by atoms with Crippen LogP contribution in [-0.2, 0) is 15.1 Å². The van der Waals surface area contributed by atoms with E-state index in [1.807, 2.05) is 0 Å². The van der Waals surface area contributed by atoms with Gasteiger partial charge in [0.15, 0.2) is 23.3 Å². The number of aromatic nitrogens is 2. The summed E-state index contributed by atoms with van der Waals surface area (Å²) in [6.45, 7) is 4.97. The van der Waals surface area contributed by atoms with Gasteiger partial charge in [0.2, 0.25) is 0 Å². The zero-order chi connectivity index (χ0) is 12.3. The second-order valence-electron chi connectivity index (χ2n) is 3.70. The Morgan fingerprint density at radius 1 is 1.69 bits per heavy atom. The van der Waals surface area contributed by atoms with Gasteiger partial charge >= 0.3 is 5.97 Å². The molecule has 16 heavy (non-hydrogen) atoms. The van der Waals surface area contributed by atoms with E-state index < -0.39 is 17.3 Å². The van der Waals surface area contributed by atoms with Gasteiger partial charge in [0.25, 0.3) is 0 Å². The molecule has 0 fully saturated rings. The minimum atomic E-state index is -1.14. The molecule has 0 spiro atoms. The molecule has 0 aliphatic rings. The summed E-state index contributed by atoms with van der Waals surface area (Å²) >= 11 is 0. The summed E-state index contributed by atoms with van der Waals surface area (Å²) in [5.41, 5.74) is -1.46. The SMILES string of the molecule is CCOC(=O)C(C)(C)n1cc(F)c(C=O)n1. The first-order chi connectivity index (χ1) is 7.43. The zero-order valence-electron chi connectivity index (χ0n) is 9.36. The summed E-state index contributed by atoms with van der Waals surface area (Å²) < 4.78 is 19.0. The van der Waals surface area contributed by atoms with Crippen molar-refractivity contribution >= 4 is 12.3 Å². The predicted octanol–water partition coefficient (Wildman–Crippen LogP) is 1.13. The van der Waals surface area contributed by atoms with Crippen molar-refractivity contribution in [2.45, 2.75) is 26.3 Å². The van der Waals surface area contributed by atoms with E-state index in [1.165, 1.54) is 13.8 Å². The largest absolute Gasteiger partial charge is 0.464 e. The van der Waals surface area contributed by atoms with Gasteiger partial charge in [0.05, 0.1) is 12.8 Å². The number of hydrogen-bond donors (Lipinski definition) is 0. The molecule has 0 amide bonds. The number of hydrogen-bond acceptors (Lipinski definition) is 4. The Balaban J connectivity index is 3.06. The topological polar surface area (TPSA) is 61.2 Å². The molecular weight excluding hydrogens is 215 g/mol. The lowest BCUT2D eigenvalue weighted by molar-refractivity contribution is -0.152. The van der Waals surface area contributed by atoms with Crippen LogP contribution in [0.4, 0.5) is 4.39 Å². The fraction of sp³-hybridized carbons (Fsp3) is 0.500. The van der Waals surface area contributed by atoms with Gasteiger partial charge in [-0.2, -0.15) is 5.10 Å². The molecule has 1 heterocycles. The normalized spacial score (nSPS) is 11.2. The monoisotopic (exact) mass is 228 g/mol. The third-order valence-corrected chi connectivity index (χ3v) is 2.16. The van der Waals surface area contributed by atoms with Crippen LogP contribution in [0.3, 0.4) is 0 Å². The average Bonchev–Trinajstić information content (AvgIpc) is 2.60. The Labute approximate surface area is 92.2 Å². The number of carbonyl (C=O) groups excluding carboxylic acids is 2. The molecule has 0 aliphatic heterocycles. The van der Waals surface area contributed by atoms with Crippen LogP contribution in [0.5, 0.6) is 0 Å². The van der Waals surface area contributed by atoms with E-state index in [1.54, 1.807) is 6.92 Å². The molecule has 0 N–H and O–H groups in total. The quantitative estimate of drug-likeness (QED) is 0.572. The van der Waals surface area contributed by atoms with Gasteiger partial charge in [-0.3, -0.25) is 9.48 Å². The van der Waals surface area contributed by atoms with Crippen molar-refractivity contribution in [2.75, 3.05) is 6.61 Å². The summed E-state index contributed by atoms with van der Waals surface area (Å²) in [6.07, 6.45) is 1.30. The standard InChI is InChI=1S/C10H13FN2O3/c1-4-16-9(15)10(2,3)13-5-7(11)8(6-14)12-13/h5-6H,4H2,1-3H3. The smallest absolute Gasteiger partial charge is 0.333 e. The molecule has 6 heteroatoms. The van der Waals surface area contributed by atoms with Crippen molar-refractivity contribution in [1.82, 2.24) is 9.78 Å². The lowest BCUT2D eigenvalue weighted by Crippen LogP contribution is -2.38. The first-order valence-electron chi connectivity index (χ1n) is 4.81. The van der Waals surface area contributed by atoms with Crippen molar-refractivity contribution in [3.63, 3.8) is 0 Å². The number of aldehydes is 1. The number of carbonyl (C=O) groups is 2. The maximum Gasteiger partial charge on any atom is 0.333 e. The lowest BCUT2D eigenvalue weighted by Gasteiger charge is -2.22. The van der Waals surface area contributed by atoms with Crippen molar-refractivity contribution in [3.05, 3.63) is 17.7 Å². The number of ether oxygens (including phenoxy) is 1. The van der Waals surface area contributed by atoms with Gasteiger partial charge in [-0.1, -0.05) is 0 Å². The first kappa shape index (κ1) is 12.4. The van der Waals surface area contributed by atoms with E-state index in [9.17, 15) is 14.0 Å². The summed E-state index contributed by atoms with van der Waals surface area (Å²) in [4.78, 5) is 22.0. The highest BCUT2D eigenvalue weighted by Gasteiger charge is 2.33. The summed E-state index contributed by atoms with van der Waals surface area (Å²) in [6, 6.07) is 0. The lowest BCUT2D eigenvalue weighted by atomic mass is 10.1. The Hall–Kier alpha value is -1.72. The highest BCUT2D eigenvalue weighted by Crippen LogP contribution is 2.17. The summed E-state index contributed by atoms with van der Waals surface area (Å²) in [5, 5.41) is 3.68. The highest BCUT2D eigenvalue weighted by atomic mass is 19.1. The van der Waals surface area contributed by atoms with Gasteiger partial charge < -0.3 is 4.74 Å². The zero-order valence-corrected chi connectivity index (χ0v) is 9.36. The average molecular weight is 228 g/mol. The Kier molecular flexibility index (Phi) is 3.41. The molecule has 1 rings (SSSR count). The van der Waals surface area contributed by atoms with Crippen LogP contribution in [0.1, 0.15) is 31.3 Å². The Bertz CT molecular complexity index is 412. The predicted molar refractivity (Wildman–Crippen MR) is 53.5 cm³/mol. The fourth-order valence-corrected chi connectivity index (χ4v) is 1.13. The molecule has 1 aromatic rings. The molecule has 0 bridgehead atoms. The van der Waals surface area contributed by atoms with Gasteiger partial charge in [-0.05, 0) is 20.8 Å². The third kappa shape index (κ3) is 2.10. The first-order valence-corrected chi connectivity index (χ1v) is 4.81. The Morgan fingerprint density at radius 2 is 2.31 bits per heavy atom. The third-order valence-electron chi connectivity index (χ3n) is 2.16. The van der Waals surface area contributed by atoms with Crippen molar-refractivity contribution in [3.8, 4) is 0 Å². The molecule has 1 aromatic heterocycles. The number of esters is 1. The fourth-order valence-electron chi connectivity index (χ4n) is 1.13. The summed E-state index contributed by atoms with van der Waals surface area (Å²) in [7, 11) is 0. The maximum atomic E-state index is 13.1. The van der Waals surface area contributed by atoms with E-state index in [-0.39, 0.29) is 12.3 Å². The minimum Gasteiger partial charge on any atom is -0.464 e. The van der Waals surface area contributed by atoms with Crippen LogP contribution in [0, 0.1) is 5.82 Å². The molecule has 0 aromatic carbocycles. The van der Waals surface area contributed by atoms with Crippen LogP contribution in [0.2, 0.25) is 0 Å². The van der Waals surface area contributed by atoms with Crippen molar-refractivity contribution in [2.24, 2.45) is 0 Å². The Morgan fingerprint density at radius 3 is 2.75 bits per heavy atom. The molecular formula is C10H13FN2O3. The molecule has 0 aliphatic carbocycles. The van der Waals surface area contributed by atoms with Crippen LogP contribution in [-0.4, -0.2) is 28.6 Å². The van der Waals surface area contributed by atoms with Crippen LogP contribution < -0.4 is 0 Å². The highest BCUT2D eigenvalue weighted by molar-refractivity contribution is 5.78. The molecule has 0 unspecified atom stereocenters. The van der Waals surface area contributed by atoms with Crippen molar-refractivity contribution in [1.29, 1.82) is 0 Å². The van der Waals surface area contributed by atoms with E-state index in [0.29, 0.717) is 6.29 Å². The summed E-state index contributed by atoms with van der Waals surface area (Å²) in [5.74, 6) is -1.29. The molecule has 0 saturated heterocycles. The number of halogens is 1. The van der Waals surface area contributed by atoms with Crippen LogP contribution in [0.15, 0.2) is 6.20 Å². The molecule has 5 nitrogen and oxygen atoms in total. The number of rotatable bonds is 4. The van der Waals surface area contributed by atoms with E-state index in [2.05, 4.69) is 5.10 Å². The van der Waals surface area contributed by atoms with Gasteiger partial charge in [-0.25, -0.2) is 9.18 Å². The van der Waals surface area contributed by atoms with E-state index in [0.717, 1.165) is 10.9 Å². The van der Waals surface area contributed by atoms with Crippen molar-refractivity contribution < 1.29 is 18.7 Å². The molecule has 0 atom stereocenters. The van der Waals surface area contributed by atoms with Gasteiger partial charge in [0, 0.05) is 0 Å². The van der Waals surface area contributed by atoms with E-state index in [4.69, 9.17) is 4.74 Å². The van der Waals surface area contributed by atoms with Gasteiger partial charge in [-0.15, -0.1) is 0 Å². The van der Waals surface area contributed by atoms with Gasteiger partial charge in [0.1, 0.15) is 0 Å². The second kappa shape index (κ2) is 4.42. The molecule has 0 saturated carbocycles. The molecule has 0 radical (unpaired) electrons. The maximum absolute atomic E-state index is 13.1. The second-order valence-corrected chi connectivity index (χ2v) is 3.70. The minimum absolute atomic E-state index is 0.229. The number of nitrogens with zero attached hydrogens (tertiary/aromatic N) is 2. The van der Waals surface area contributed by atoms with E-state index >= 15 is 0 Å².